The Bertz CT molecular complexity index is 150. The van der Waals surface area contributed by atoms with Crippen LogP contribution in [0.1, 0.15) is 46.0 Å². The monoisotopic (exact) mass is 184 g/mol. The van der Waals surface area contributed by atoms with Gasteiger partial charge in [0.05, 0.1) is 12.9 Å². The molecule has 2 heteroatoms. The number of Topliss-reactive ketones (excluding diaryl/α,β-unsaturated/α-hetero) is 1. The topological polar surface area (TPSA) is 26.3 Å². The average molecular weight is 184 g/mol. The van der Waals surface area contributed by atoms with Crippen molar-refractivity contribution in [2.45, 2.75) is 46.0 Å². The smallest absolute Gasteiger partial charge is 0.129 e. The predicted octanol–water partition coefficient (Wildman–Crippen LogP) is 3.08. The zero-order valence-corrected chi connectivity index (χ0v) is 8.71. The minimum atomic E-state index is 0.264. The first-order valence-corrected chi connectivity index (χ1v) is 5.03. The number of hydrogen-bond acceptors (Lipinski definition) is 2. The molecular formula is C11H20O2. The maximum absolute atomic E-state index is 10.6. The van der Waals surface area contributed by atoms with Gasteiger partial charge in [0.15, 0.2) is 0 Å². The Morgan fingerprint density at radius 1 is 1.38 bits per heavy atom. The zero-order valence-electron chi connectivity index (χ0n) is 8.71. The number of carbonyl (C=O) groups excluding carboxylic acids is 1. The summed E-state index contributed by atoms with van der Waals surface area (Å²) in [5.41, 5.74) is 0. The lowest BCUT2D eigenvalue weighted by atomic mass is 10.2. The molecule has 0 bridgehead atoms. The minimum absolute atomic E-state index is 0.264. The average Bonchev–Trinajstić information content (AvgIpc) is 2.09. The molecule has 0 unspecified atom stereocenters. The summed E-state index contributed by atoms with van der Waals surface area (Å²) in [6.07, 6.45) is 8.55. The van der Waals surface area contributed by atoms with Gasteiger partial charge in [0.25, 0.3) is 0 Å². The SMILES string of the molecule is CCCCO/C=C\CCCC(C)=O. The normalized spacial score (nSPS) is 10.6. The second kappa shape index (κ2) is 9.30. The summed E-state index contributed by atoms with van der Waals surface area (Å²) in [5, 5.41) is 0. The second-order valence-electron chi connectivity index (χ2n) is 3.19. The fraction of sp³-hybridized carbons (Fsp3) is 0.727. The number of carbonyl (C=O) groups is 1. The maximum atomic E-state index is 10.6. The molecule has 0 aliphatic rings. The summed E-state index contributed by atoms with van der Waals surface area (Å²) in [6, 6.07) is 0. The van der Waals surface area contributed by atoms with E-state index in [9.17, 15) is 4.79 Å². The van der Waals surface area contributed by atoms with E-state index >= 15 is 0 Å². The quantitative estimate of drug-likeness (QED) is 0.428. The summed E-state index contributed by atoms with van der Waals surface area (Å²) >= 11 is 0. The van der Waals surface area contributed by atoms with Crippen molar-refractivity contribution in [3.8, 4) is 0 Å². The van der Waals surface area contributed by atoms with Gasteiger partial charge >= 0.3 is 0 Å². The van der Waals surface area contributed by atoms with Gasteiger partial charge in [-0.2, -0.15) is 0 Å². The van der Waals surface area contributed by atoms with E-state index in [1.165, 1.54) is 0 Å². The molecule has 0 rings (SSSR count). The van der Waals surface area contributed by atoms with Gasteiger partial charge in [0, 0.05) is 6.42 Å². The molecule has 0 fully saturated rings. The molecule has 0 aliphatic carbocycles. The van der Waals surface area contributed by atoms with Gasteiger partial charge in [0.1, 0.15) is 5.78 Å². The third kappa shape index (κ3) is 11.2. The van der Waals surface area contributed by atoms with Crippen molar-refractivity contribution in [2.24, 2.45) is 0 Å². The molecule has 0 saturated carbocycles. The lowest BCUT2D eigenvalue weighted by Gasteiger charge is -1.97. The molecule has 0 spiro atoms. The van der Waals surface area contributed by atoms with Crippen LogP contribution >= 0.6 is 0 Å². The van der Waals surface area contributed by atoms with Crippen molar-refractivity contribution in [1.29, 1.82) is 0 Å². The Morgan fingerprint density at radius 2 is 2.15 bits per heavy atom. The van der Waals surface area contributed by atoms with Crippen LogP contribution in [0.15, 0.2) is 12.3 Å². The lowest BCUT2D eigenvalue weighted by Crippen LogP contribution is -1.88. The Hall–Kier alpha value is -0.790. The first kappa shape index (κ1) is 12.2. The van der Waals surface area contributed by atoms with E-state index in [2.05, 4.69) is 6.92 Å². The van der Waals surface area contributed by atoms with Crippen LogP contribution in [-0.4, -0.2) is 12.4 Å². The van der Waals surface area contributed by atoms with Gasteiger partial charge in [0.2, 0.25) is 0 Å². The highest BCUT2D eigenvalue weighted by atomic mass is 16.5. The number of unbranched alkanes of at least 4 members (excludes halogenated alkanes) is 2. The van der Waals surface area contributed by atoms with E-state index in [0.29, 0.717) is 6.42 Å². The highest BCUT2D eigenvalue weighted by molar-refractivity contribution is 5.75. The third-order valence-corrected chi connectivity index (χ3v) is 1.71. The first-order chi connectivity index (χ1) is 6.27. The number of ketones is 1. The van der Waals surface area contributed by atoms with Gasteiger partial charge in [-0.3, -0.25) is 0 Å². The van der Waals surface area contributed by atoms with Crippen LogP contribution in [0.3, 0.4) is 0 Å². The highest BCUT2D eigenvalue weighted by Gasteiger charge is 1.90. The van der Waals surface area contributed by atoms with E-state index < -0.39 is 0 Å². The van der Waals surface area contributed by atoms with Crippen molar-refractivity contribution < 1.29 is 9.53 Å². The van der Waals surface area contributed by atoms with Crippen LogP contribution in [0.5, 0.6) is 0 Å². The molecule has 0 radical (unpaired) electrons. The molecule has 0 aromatic heterocycles. The van der Waals surface area contributed by atoms with Crippen molar-refractivity contribution in [3.05, 3.63) is 12.3 Å². The van der Waals surface area contributed by atoms with Crippen LogP contribution in [0.25, 0.3) is 0 Å². The number of hydrogen-bond donors (Lipinski definition) is 0. The van der Waals surface area contributed by atoms with E-state index in [0.717, 1.165) is 32.3 Å². The second-order valence-corrected chi connectivity index (χ2v) is 3.19. The van der Waals surface area contributed by atoms with Gasteiger partial charge in [-0.05, 0) is 32.3 Å². The van der Waals surface area contributed by atoms with Crippen LogP contribution < -0.4 is 0 Å². The Morgan fingerprint density at radius 3 is 2.77 bits per heavy atom. The number of allylic oxidation sites excluding steroid dienone is 1. The molecule has 0 N–H and O–H groups in total. The minimum Gasteiger partial charge on any atom is -0.502 e. The Labute approximate surface area is 81.0 Å². The molecule has 0 amide bonds. The van der Waals surface area contributed by atoms with Crippen LogP contribution in [-0.2, 0) is 9.53 Å². The largest absolute Gasteiger partial charge is 0.502 e. The molecule has 0 aromatic carbocycles. The molecule has 0 heterocycles. The molecule has 0 saturated heterocycles. The van der Waals surface area contributed by atoms with Gasteiger partial charge in [-0.1, -0.05) is 13.3 Å². The molecule has 0 atom stereocenters. The molecule has 0 aliphatic heterocycles. The zero-order chi connectivity index (χ0) is 9.94. The number of rotatable bonds is 8. The van der Waals surface area contributed by atoms with Crippen molar-refractivity contribution in [3.63, 3.8) is 0 Å². The van der Waals surface area contributed by atoms with Crippen LogP contribution in [0, 0.1) is 0 Å². The van der Waals surface area contributed by atoms with Crippen molar-refractivity contribution >= 4 is 5.78 Å². The van der Waals surface area contributed by atoms with Gasteiger partial charge in [-0.25, -0.2) is 0 Å². The summed E-state index contributed by atoms with van der Waals surface area (Å²) < 4.78 is 5.22. The van der Waals surface area contributed by atoms with E-state index in [4.69, 9.17) is 4.74 Å². The fourth-order valence-corrected chi connectivity index (χ4v) is 0.901. The Kier molecular flexibility index (Phi) is 8.73. The third-order valence-electron chi connectivity index (χ3n) is 1.71. The maximum Gasteiger partial charge on any atom is 0.129 e. The van der Waals surface area contributed by atoms with E-state index in [1.54, 1.807) is 13.2 Å². The van der Waals surface area contributed by atoms with E-state index in [1.807, 2.05) is 6.08 Å². The fourth-order valence-electron chi connectivity index (χ4n) is 0.901. The molecule has 76 valence electrons. The molecular weight excluding hydrogens is 164 g/mol. The molecule has 2 nitrogen and oxygen atoms in total. The standard InChI is InChI=1S/C11H20O2/c1-3-4-9-13-10-7-5-6-8-11(2)12/h7,10H,3-6,8-9H2,1-2H3/b10-7-. The summed E-state index contributed by atoms with van der Waals surface area (Å²) in [6.45, 7) is 4.57. The summed E-state index contributed by atoms with van der Waals surface area (Å²) in [7, 11) is 0. The van der Waals surface area contributed by atoms with Crippen molar-refractivity contribution in [1.82, 2.24) is 0 Å². The highest BCUT2D eigenvalue weighted by Crippen LogP contribution is 1.97. The van der Waals surface area contributed by atoms with Crippen LogP contribution in [0.2, 0.25) is 0 Å². The first-order valence-electron chi connectivity index (χ1n) is 5.03. The van der Waals surface area contributed by atoms with Crippen LogP contribution in [0.4, 0.5) is 0 Å². The molecule has 0 aromatic rings. The lowest BCUT2D eigenvalue weighted by molar-refractivity contribution is -0.117. The van der Waals surface area contributed by atoms with Gasteiger partial charge < -0.3 is 9.53 Å². The van der Waals surface area contributed by atoms with Crippen molar-refractivity contribution in [2.75, 3.05) is 6.61 Å². The summed E-state index contributed by atoms with van der Waals surface area (Å²) in [4.78, 5) is 10.6. The Balaban J connectivity index is 3.08. The van der Waals surface area contributed by atoms with E-state index in [-0.39, 0.29) is 5.78 Å². The molecule has 13 heavy (non-hydrogen) atoms. The van der Waals surface area contributed by atoms with Gasteiger partial charge in [-0.15, -0.1) is 0 Å². The summed E-state index contributed by atoms with van der Waals surface area (Å²) in [5.74, 6) is 0.264. The number of ether oxygens (including phenoxy) is 1. The predicted molar refractivity (Wildman–Crippen MR) is 54.5 cm³/mol.